The third-order valence-electron chi connectivity index (χ3n) is 23.4. The zero-order chi connectivity index (χ0) is 71.8. The molecule has 6 heteroatoms. The molecule has 0 fully saturated rings. The molecule has 0 N–H and O–H groups in total. The summed E-state index contributed by atoms with van der Waals surface area (Å²) in [6.07, 6.45) is 1.00. The van der Waals surface area contributed by atoms with Gasteiger partial charge >= 0.3 is 0 Å². The highest BCUT2D eigenvalue weighted by Crippen LogP contribution is 2.54. The summed E-state index contributed by atoms with van der Waals surface area (Å²) >= 11 is 0. The van der Waals surface area contributed by atoms with Crippen molar-refractivity contribution in [1.82, 2.24) is 18.3 Å². The van der Waals surface area contributed by atoms with Crippen molar-refractivity contribution >= 4 is 121 Å². The highest BCUT2D eigenvalue weighted by molar-refractivity contribution is 6.12. The van der Waals surface area contributed by atoms with Crippen molar-refractivity contribution in [2.75, 3.05) is 9.80 Å². The lowest BCUT2D eigenvalue weighted by Gasteiger charge is -2.29. The van der Waals surface area contributed by atoms with Crippen LogP contribution in [-0.4, -0.2) is 18.3 Å². The minimum atomic E-state index is -0.223. The van der Waals surface area contributed by atoms with Crippen LogP contribution < -0.4 is 9.80 Å². The van der Waals surface area contributed by atoms with Gasteiger partial charge < -0.3 is 28.1 Å². The van der Waals surface area contributed by atoms with E-state index in [-0.39, 0.29) is 10.8 Å². The summed E-state index contributed by atoms with van der Waals surface area (Å²) in [4.78, 5) is 4.78. The van der Waals surface area contributed by atoms with Crippen LogP contribution in [0.25, 0.3) is 132 Å². The lowest BCUT2D eigenvalue weighted by atomic mass is 9.74. The van der Waals surface area contributed by atoms with Crippen molar-refractivity contribution in [3.8, 4) is 45.0 Å². The second kappa shape index (κ2) is 24.7. The van der Waals surface area contributed by atoms with Gasteiger partial charge in [-0.25, -0.2) is 0 Å². The Balaban J connectivity index is 0.594. The predicted molar refractivity (Wildman–Crippen MR) is 455 cm³/mol. The van der Waals surface area contributed by atoms with Crippen LogP contribution in [0.1, 0.15) is 43.9 Å². The molecule has 4 aromatic heterocycles. The van der Waals surface area contributed by atoms with E-state index >= 15 is 0 Å². The fourth-order valence-electron chi connectivity index (χ4n) is 18.4. The number of aromatic nitrogens is 4. The number of para-hydroxylation sites is 8. The highest BCUT2D eigenvalue weighted by Gasteiger charge is 2.46. The molecule has 20 aromatic rings. The first-order chi connectivity index (χ1) is 53.2. The molecular weight excluding hydrogens is 1310 g/mol. The summed E-state index contributed by atoms with van der Waals surface area (Å²) in [5.74, 6) is 0. The van der Waals surface area contributed by atoms with Gasteiger partial charge in [-0.15, -0.1) is 0 Å². The maximum Gasteiger partial charge on any atom is 0.0541 e. The van der Waals surface area contributed by atoms with E-state index in [9.17, 15) is 0 Å². The number of hydrogen-bond acceptors (Lipinski definition) is 2. The van der Waals surface area contributed by atoms with E-state index < -0.39 is 0 Å². The van der Waals surface area contributed by atoms with Gasteiger partial charge in [0.15, 0.2) is 0 Å². The summed E-state index contributed by atoms with van der Waals surface area (Å²) in [6, 6.07) is 141. The standard InChI is InChI=1S/C102H74N6/c1-101(2)67-102(3,72-43-36-68(37-44-72)69-38-45-73(46-39-69)103(75-49-57-79(58-50-75)105-93-28-12-4-20-83(93)84-21-5-13-29-94(84)105)76-51-59-80(60-52-76)106-95-30-14-6-22-85(95)86-23-7-15-31-96(86)106)92-66-71(42-65-91(92)101)70-40-47-74(48-41-70)104(77-53-61-81(62-54-77)107-97-32-16-8-24-87(97)88-25-9-17-33-98(88)107)78-55-63-82(64-56-78)108-99-34-18-10-26-89(99)90-27-11-19-35-100(90)108/h4-66H,67H2,1-3H3. The van der Waals surface area contributed by atoms with E-state index in [1.165, 1.54) is 126 Å². The Morgan fingerprint density at radius 1 is 0.213 bits per heavy atom. The first-order valence-corrected chi connectivity index (χ1v) is 37.6. The highest BCUT2D eigenvalue weighted by atomic mass is 15.2. The van der Waals surface area contributed by atoms with Crippen molar-refractivity contribution in [3.63, 3.8) is 0 Å². The molecule has 512 valence electrons. The third kappa shape index (κ3) is 10.0. The second-order valence-corrected chi connectivity index (χ2v) is 30.0. The monoisotopic (exact) mass is 1380 g/mol. The summed E-state index contributed by atoms with van der Waals surface area (Å²) in [5.41, 5.74) is 29.1. The number of fused-ring (bicyclic) bond motifs is 13. The van der Waals surface area contributed by atoms with Crippen molar-refractivity contribution in [3.05, 3.63) is 399 Å². The second-order valence-electron chi connectivity index (χ2n) is 30.0. The van der Waals surface area contributed by atoms with Gasteiger partial charge in [0.25, 0.3) is 0 Å². The van der Waals surface area contributed by atoms with Crippen LogP contribution in [0.5, 0.6) is 0 Å². The van der Waals surface area contributed by atoms with Gasteiger partial charge in [-0.1, -0.05) is 227 Å². The lowest BCUT2D eigenvalue weighted by molar-refractivity contribution is 0.425. The first-order valence-electron chi connectivity index (χ1n) is 37.6. The molecule has 1 unspecified atom stereocenters. The van der Waals surface area contributed by atoms with Crippen molar-refractivity contribution < 1.29 is 0 Å². The smallest absolute Gasteiger partial charge is 0.0541 e. The van der Waals surface area contributed by atoms with Gasteiger partial charge in [-0.05, 0) is 227 Å². The van der Waals surface area contributed by atoms with Crippen LogP contribution in [0.3, 0.4) is 0 Å². The van der Waals surface area contributed by atoms with Crippen molar-refractivity contribution in [1.29, 1.82) is 0 Å². The molecule has 1 aliphatic carbocycles. The molecule has 1 aliphatic rings. The van der Waals surface area contributed by atoms with E-state index in [2.05, 4.69) is 431 Å². The van der Waals surface area contributed by atoms with Crippen LogP contribution in [0.2, 0.25) is 0 Å². The Bertz CT molecular complexity index is 6360. The first kappa shape index (κ1) is 62.9. The lowest BCUT2D eigenvalue weighted by Crippen LogP contribution is -2.23. The van der Waals surface area contributed by atoms with Gasteiger partial charge in [-0.2, -0.15) is 0 Å². The van der Waals surface area contributed by atoms with Crippen LogP contribution in [-0.2, 0) is 10.8 Å². The zero-order valence-corrected chi connectivity index (χ0v) is 60.3. The van der Waals surface area contributed by atoms with Gasteiger partial charge in [0.05, 0.1) is 44.1 Å². The van der Waals surface area contributed by atoms with E-state index in [0.717, 1.165) is 63.3 Å². The summed E-state index contributed by atoms with van der Waals surface area (Å²) in [5, 5.41) is 10.0. The molecule has 0 radical (unpaired) electrons. The quantitative estimate of drug-likeness (QED) is 0.115. The summed E-state index contributed by atoms with van der Waals surface area (Å²) < 4.78 is 9.56. The van der Waals surface area contributed by atoms with Gasteiger partial charge in [0.2, 0.25) is 0 Å². The normalized spacial score (nSPS) is 14.1. The van der Waals surface area contributed by atoms with Gasteiger partial charge in [0.1, 0.15) is 0 Å². The van der Waals surface area contributed by atoms with Crippen LogP contribution >= 0.6 is 0 Å². The number of anilines is 6. The Hall–Kier alpha value is -13.7. The average molecular weight is 1380 g/mol. The minimum absolute atomic E-state index is 0.0295. The fourth-order valence-corrected chi connectivity index (χ4v) is 18.4. The van der Waals surface area contributed by atoms with E-state index in [1.807, 2.05) is 0 Å². The molecule has 16 aromatic carbocycles. The van der Waals surface area contributed by atoms with Crippen LogP contribution in [0.15, 0.2) is 382 Å². The topological polar surface area (TPSA) is 26.2 Å². The molecule has 0 bridgehead atoms. The molecule has 0 saturated heterocycles. The molecule has 108 heavy (non-hydrogen) atoms. The van der Waals surface area contributed by atoms with E-state index in [1.54, 1.807) is 0 Å². The maximum atomic E-state index is 2.49. The van der Waals surface area contributed by atoms with Crippen molar-refractivity contribution in [2.45, 2.75) is 38.0 Å². The molecule has 0 saturated carbocycles. The average Bonchev–Trinajstić information content (AvgIpc) is 1.57. The van der Waals surface area contributed by atoms with E-state index in [0.29, 0.717) is 0 Å². The summed E-state index contributed by atoms with van der Waals surface area (Å²) in [7, 11) is 0. The Morgan fingerprint density at radius 2 is 0.426 bits per heavy atom. The molecule has 0 aliphatic heterocycles. The molecule has 4 heterocycles. The minimum Gasteiger partial charge on any atom is -0.311 e. The number of hydrogen-bond donors (Lipinski definition) is 0. The number of benzene rings is 16. The molecule has 6 nitrogen and oxygen atoms in total. The molecule has 0 spiro atoms. The number of rotatable bonds is 13. The van der Waals surface area contributed by atoms with Crippen LogP contribution in [0.4, 0.5) is 34.1 Å². The van der Waals surface area contributed by atoms with Gasteiger partial charge in [-0.3, -0.25) is 0 Å². The predicted octanol–water partition coefficient (Wildman–Crippen LogP) is 27.3. The SMILES string of the molecule is CC1(C)CC(C)(c2ccc(-c3ccc(N(c4ccc(-n5c6ccccc6c6ccccc65)cc4)c4ccc(-n5c6ccccc6c6ccccc65)cc4)cc3)cc2)c2cc(-c3ccc(N(c4ccc(-n5c6ccccc6c6ccccc65)cc4)c4ccc(-n5c6ccccc6c6ccccc65)cc4)cc3)ccc21. The molecule has 1 atom stereocenters. The number of nitrogens with zero attached hydrogens (tertiary/aromatic N) is 6. The molecular formula is C102H74N6. The van der Waals surface area contributed by atoms with Gasteiger partial charge in [0, 0.05) is 105 Å². The Labute approximate surface area is 627 Å². The van der Waals surface area contributed by atoms with Crippen LogP contribution in [0, 0.1) is 0 Å². The van der Waals surface area contributed by atoms with Crippen molar-refractivity contribution in [2.24, 2.45) is 0 Å². The van der Waals surface area contributed by atoms with E-state index in [4.69, 9.17) is 0 Å². The zero-order valence-electron chi connectivity index (χ0n) is 60.3. The fraction of sp³-hybridized carbons (Fsp3) is 0.0588. The molecule has 21 rings (SSSR count). The Kier molecular flexibility index (Phi) is 14.4. The maximum absolute atomic E-state index is 2.49. The molecule has 0 amide bonds. The third-order valence-corrected chi connectivity index (χ3v) is 23.4. The Morgan fingerprint density at radius 3 is 0.685 bits per heavy atom. The largest absolute Gasteiger partial charge is 0.311 e. The summed E-state index contributed by atoms with van der Waals surface area (Å²) in [6.45, 7) is 7.31.